The summed E-state index contributed by atoms with van der Waals surface area (Å²) in [6.45, 7) is 2.33. The van der Waals surface area contributed by atoms with Crippen molar-refractivity contribution in [2.45, 2.75) is 32.0 Å². The minimum absolute atomic E-state index is 0.0495. The average molecular weight is 289 g/mol. The maximum Gasteiger partial charge on any atom is 0.416 e. The lowest BCUT2D eigenvalue weighted by Gasteiger charge is -2.24. The summed E-state index contributed by atoms with van der Waals surface area (Å²) in [6, 6.07) is 5.12. The fraction of sp³-hybridized carbons (Fsp3) is 0.500. The van der Waals surface area contributed by atoms with Crippen LogP contribution in [0, 0.1) is 0 Å². The van der Waals surface area contributed by atoms with Gasteiger partial charge in [0.05, 0.1) is 12.0 Å². The van der Waals surface area contributed by atoms with Crippen LogP contribution in [0.2, 0.25) is 0 Å². The average Bonchev–Trinajstić information content (AvgIpc) is 2.35. The molecule has 0 aliphatic rings. The molecule has 0 saturated heterocycles. The predicted molar refractivity (Wildman–Crippen MR) is 69.5 cm³/mol. The molecule has 0 heterocycles. The van der Waals surface area contributed by atoms with Crippen molar-refractivity contribution < 1.29 is 23.1 Å². The van der Waals surface area contributed by atoms with Crippen LogP contribution in [0.15, 0.2) is 24.3 Å². The van der Waals surface area contributed by atoms with Crippen LogP contribution in [0.3, 0.4) is 0 Å². The summed E-state index contributed by atoms with van der Waals surface area (Å²) in [6.07, 6.45) is -3.69. The second-order valence-corrected chi connectivity index (χ2v) is 4.87. The minimum atomic E-state index is -4.32. The van der Waals surface area contributed by atoms with E-state index < -0.39 is 17.7 Å². The van der Waals surface area contributed by atoms with E-state index in [1.165, 1.54) is 12.1 Å². The van der Waals surface area contributed by atoms with Gasteiger partial charge >= 0.3 is 12.1 Å². The van der Waals surface area contributed by atoms with E-state index in [0.29, 0.717) is 13.0 Å². The Morgan fingerprint density at radius 1 is 1.30 bits per heavy atom. The van der Waals surface area contributed by atoms with Crippen molar-refractivity contribution in [2.75, 3.05) is 13.6 Å². The maximum absolute atomic E-state index is 12.4. The predicted octanol–water partition coefficient (Wildman–Crippen LogP) is 3.04. The van der Waals surface area contributed by atoms with Gasteiger partial charge in [0.25, 0.3) is 0 Å². The number of carbonyl (C=O) groups is 1. The second-order valence-electron chi connectivity index (χ2n) is 4.87. The van der Waals surface area contributed by atoms with Crippen molar-refractivity contribution in [3.05, 3.63) is 35.4 Å². The van der Waals surface area contributed by atoms with E-state index in [-0.39, 0.29) is 12.5 Å². The highest BCUT2D eigenvalue weighted by Gasteiger charge is 2.29. The molecule has 6 heteroatoms. The normalized spacial score (nSPS) is 13.5. The van der Waals surface area contributed by atoms with Gasteiger partial charge in [0.15, 0.2) is 0 Å². The molecule has 0 radical (unpaired) electrons. The maximum atomic E-state index is 12.4. The van der Waals surface area contributed by atoms with Crippen LogP contribution in [0.4, 0.5) is 13.2 Å². The first kappa shape index (κ1) is 16.5. The molecule has 0 aromatic heterocycles. The van der Waals surface area contributed by atoms with Crippen molar-refractivity contribution in [3.8, 4) is 0 Å². The molecule has 1 unspecified atom stereocenters. The van der Waals surface area contributed by atoms with Crippen molar-refractivity contribution in [1.29, 1.82) is 0 Å². The summed E-state index contributed by atoms with van der Waals surface area (Å²) >= 11 is 0. The van der Waals surface area contributed by atoms with Gasteiger partial charge in [-0.15, -0.1) is 0 Å². The van der Waals surface area contributed by atoms with Crippen LogP contribution < -0.4 is 0 Å². The van der Waals surface area contributed by atoms with Gasteiger partial charge < -0.3 is 10.0 Å². The topological polar surface area (TPSA) is 40.5 Å². The second kappa shape index (κ2) is 6.74. The molecule has 0 bridgehead atoms. The van der Waals surface area contributed by atoms with E-state index in [4.69, 9.17) is 5.11 Å². The van der Waals surface area contributed by atoms with Crippen LogP contribution in [-0.2, 0) is 17.4 Å². The molecule has 1 atom stereocenters. The first-order chi connectivity index (χ1) is 9.20. The molecule has 112 valence electrons. The molecule has 1 N–H and O–H groups in total. The SMILES string of the molecule is CC(Cc1ccc(C(F)(F)F)cc1)N(C)CCC(=O)O. The third-order valence-electron chi connectivity index (χ3n) is 3.24. The fourth-order valence-electron chi connectivity index (χ4n) is 1.82. The van der Waals surface area contributed by atoms with Crippen molar-refractivity contribution in [2.24, 2.45) is 0 Å². The van der Waals surface area contributed by atoms with E-state index in [1.807, 2.05) is 11.8 Å². The highest BCUT2D eigenvalue weighted by atomic mass is 19.4. The molecule has 0 amide bonds. The van der Waals surface area contributed by atoms with Gasteiger partial charge in [-0.1, -0.05) is 12.1 Å². The summed E-state index contributed by atoms with van der Waals surface area (Å²) in [5.74, 6) is -0.862. The van der Waals surface area contributed by atoms with E-state index in [0.717, 1.165) is 17.7 Å². The lowest BCUT2D eigenvalue weighted by Crippen LogP contribution is -2.32. The Labute approximate surface area is 116 Å². The first-order valence-corrected chi connectivity index (χ1v) is 6.28. The number of aliphatic carboxylic acids is 1. The summed E-state index contributed by atoms with van der Waals surface area (Å²) < 4.78 is 37.3. The van der Waals surface area contributed by atoms with Crippen LogP contribution in [0.1, 0.15) is 24.5 Å². The summed E-state index contributed by atoms with van der Waals surface area (Å²) in [7, 11) is 1.80. The third-order valence-corrected chi connectivity index (χ3v) is 3.24. The number of hydrogen-bond donors (Lipinski definition) is 1. The molecule has 1 rings (SSSR count). The molecular formula is C14H18F3NO2. The molecule has 3 nitrogen and oxygen atoms in total. The smallest absolute Gasteiger partial charge is 0.416 e. The zero-order valence-electron chi connectivity index (χ0n) is 11.4. The number of rotatable bonds is 6. The molecule has 20 heavy (non-hydrogen) atoms. The molecule has 1 aromatic rings. The van der Waals surface area contributed by atoms with Gasteiger partial charge in [-0.2, -0.15) is 13.2 Å². The van der Waals surface area contributed by atoms with E-state index in [9.17, 15) is 18.0 Å². The van der Waals surface area contributed by atoms with E-state index in [2.05, 4.69) is 0 Å². The standard InChI is InChI=1S/C14H18F3NO2/c1-10(18(2)8-7-13(19)20)9-11-3-5-12(6-4-11)14(15,16)17/h3-6,10H,7-9H2,1-2H3,(H,19,20). The molecule has 0 aliphatic carbocycles. The molecule has 1 aromatic carbocycles. The van der Waals surface area contributed by atoms with Crippen LogP contribution in [-0.4, -0.2) is 35.6 Å². The highest BCUT2D eigenvalue weighted by Crippen LogP contribution is 2.29. The summed E-state index contributed by atoms with van der Waals surface area (Å²) in [5, 5.41) is 8.61. The number of alkyl halides is 3. The van der Waals surface area contributed by atoms with Crippen molar-refractivity contribution >= 4 is 5.97 Å². The number of halogens is 3. The van der Waals surface area contributed by atoms with Gasteiger partial charge in [0.1, 0.15) is 0 Å². The molecule has 0 spiro atoms. The lowest BCUT2D eigenvalue weighted by molar-refractivity contribution is -0.138. The largest absolute Gasteiger partial charge is 0.481 e. The Hall–Kier alpha value is -1.56. The number of carboxylic acids is 1. The molecule has 0 saturated carbocycles. The van der Waals surface area contributed by atoms with E-state index in [1.54, 1.807) is 7.05 Å². The van der Waals surface area contributed by atoms with Gasteiger partial charge in [0, 0.05) is 12.6 Å². The summed E-state index contributed by atoms with van der Waals surface area (Å²) in [5.41, 5.74) is 0.140. The quantitative estimate of drug-likeness (QED) is 0.875. The van der Waals surface area contributed by atoms with Crippen LogP contribution in [0.25, 0.3) is 0 Å². The van der Waals surface area contributed by atoms with Gasteiger partial charge in [0.2, 0.25) is 0 Å². The van der Waals surface area contributed by atoms with Crippen LogP contribution in [0.5, 0.6) is 0 Å². The fourth-order valence-corrected chi connectivity index (χ4v) is 1.82. The number of hydrogen-bond acceptors (Lipinski definition) is 2. The Balaban J connectivity index is 2.57. The lowest BCUT2D eigenvalue weighted by atomic mass is 10.0. The molecular weight excluding hydrogens is 271 g/mol. The zero-order chi connectivity index (χ0) is 15.3. The Morgan fingerprint density at radius 3 is 2.30 bits per heavy atom. The van der Waals surface area contributed by atoms with Crippen molar-refractivity contribution in [1.82, 2.24) is 4.90 Å². The third kappa shape index (κ3) is 5.21. The Morgan fingerprint density at radius 2 is 1.85 bits per heavy atom. The highest BCUT2D eigenvalue weighted by molar-refractivity contribution is 5.66. The molecule has 0 aliphatic heterocycles. The molecule has 0 fully saturated rings. The monoisotopic (exact) mass is 289 g/mol. The Bertz CT molecular complexity index is 443. The van der Waals surface area contributed by atoms with Gasteiger partial charge in [-0.25, -0.2) is 0 Å². The first-order valence-electron chi connectivity index (χ1n) is 6.28. The van der Waals surface area contributed by atoms with E-state index >= 15 is 0 Å². The van der Waals surface area contributed by atoms with Crippen molar-refractivity contribution in [3.63, 3.8) is 0 Å². The van der Waals surface area contributed by atoms with Crippen LogP contribution >= 0.6 is 0 Å². The zero-order valence-corrected chi connectivity index (χ0v) is 11.4. The number of likely N-dealkylation sites (N-methyl/N-ethyl adjacent to an activating group) is 1. The van der Waals surface area contributed by atoms with Gasteiger partial charge in [-0.3, -0.25) is 4.79 Å². The minimum Gasteiger partial charge on any atom is -0.481 e. The summed E-state index contributed by atoms with van der Waals surface area (Å²) in [4.78, 5) is 12.4. The number of carboxylic acid groups (broad SMARTS) is 1. The van der Waals surface area contributed by atoms with Gasteiger partial charge in [-0.05, 0) is 38.1 Å². The Kier molecular flexibility index (Phi) is 5.56. The number of benzene rings is 1. The number of nitrogens with zero attached hydrogens (tertiary/aromatic N) is 1.